The second-order valence-electron chi connectivity index (χ2n) is 7.34. The molecule has 0 aliphatic carbocycles. The van der Waals surface area contributed by atoms with Crippen molar-refractivity contribution in [3.8, 4) is 0 Å². The zero-order chi connectivity index (χ0) is 18.5. The minimum atomic E-state index is 0.0797. The van der Waals surface area contributed by atoms with Gasteiger partial charge in [-0.2, -0.15) is 4.98 Å². The predicted octanol–water partition coefficient (Wildman–Crippen LogP) is 3.28. The van der Waals surface area contributed by atoms with Gasteiger partial charge in [-0.05, 0) is 38.4 Å². The summed E-state index contributed by atoms with van der Waals surface area (Å²) in [6.07, 6.45) is 1.71. The standard InChI is InChI=1S/C20H28N4O2/c1-14(2)18-22-20(26-23-18)15(3)24-11-9-17(10-12-24)19(25)21-13-16-7-5-4-6-8-16/h4-8,14-15,17H,9-13H2,1-3H3,(H,21,25)/t15-/m0/s1. The normalized spacial score (nSPS) is 17.4. The van der Waals surface area contributed by atoms with E-state index in [1.54, 1.807) is 0 Å². The summed E-state index contributed by atoms with van der Waals surface area (Å²) >= 11 is 0. The molecular weight excluding hydrogens is 328 g/mol. The van der Waals surface area contributed by atoms with Crippen LogP contribution in [0.3, 0.4) is 0 Å². The van der Waals surface area contributed by atoms with Crippen LogP contribution in [0, 0.1) is 5.92 Å². The van der Waals surface area contributed by atoms with Gasteiger partial charge in [-0.25, -0.2) is 0 Å². The van der Waals surface area contributed by atoms with Crippen molar-refractivity contribution in [2.24, 2.45) is 5.92 Å². The van der Waals surface area contributed by atoms with Crippen molar-refractivity contribution >= 4 is 5.91 Å². The number of aromatic nitrogens is 2. The molecule has 2 aromatic rings. The SMILES string of the molecule is CC(C)c1noc([C@H](C)N2CCC(C(=O)NCc3ccccc3)CC2)n1. The van der Waals surface area contributed by atoms with Gasteiger partial charge in [0.1, 0.15) is 0 Å². The fourth-order valence-electron chi connectivity index (χ4n) is 3.29. The number of carbonyl (C=O) groups is 1. The first-order valence-corrected chi connectivity index (χ1v) is 9.43. The molecule has 1 atom stereocenters. The number of rotatable bonds is 6. The van der Waals surface area contributed by atoms with Gasteiger partial charge in [-0.3, -0.25) is 9.69 Å². The molecule has 6 heteroatoms. The third-order valence-electron chi connectivity index (χ3n) is 5.09. The molecule has 140 valence electrons. The monoisotopic (exact) mass is 356 g/mol. The molecule has 0 saturated carbocycles. The molecule has 0 spiro atoms. The molecule has 1 N–H and O–H groups in total. The van der Waals surface area contributed by atoms with Gasteiger partial charge in [0, 0.05) is 18.4 Å². The molecule has 0 unspecified atom stereocenters. The van der Waals surface area contributed by atoms with E-state index in [4.69, 9.17) is 4.52 Å². The number of likely N-dealkylation sites (tertiary alicyclic amines) is 1. The van der Waals surface area contributed by atoms with Gasteiger partial charge in [-0.15, -0.1) is 0 Å². The minimum Gasteiger partial charge on any atom is -0.352 e. The highest BCUT2D eigenvalue weighted by atomic mass is 16.5. The summed E-state index contributed by atoms with van der Waals surface area (Å²) in [5.41, 5.74) is 1.13. The van der Waals surface area contributed by atoms with E-state index in [-0.39, 0.29) is 23.8 Å². The van der Waals surface area contributed by atoms with E-state index in [0.29, 0.717) is 12.4 Å². The topological polar surface area (TPSA) is 71.3 Å². The first-order chi connectivity index (χ1) is 12.5. The summed E-state index contributed by atoms with van der Waals surface area (Å²) < 4.78 is 5.42. The van der Waals surface area contributed by atoms with Crippen molar-refractivity contribution < 1.29 is 9.32 Å². The van der Waals surface area contributed by atoms with Crippen LogP contribution in [-0.4, -0.2) is 34.0 Å². The number of nitrogens with one attached hydrogen (secondary N) is 1. The van der Waals surface area contributed by atoms with Crippen LogP contribution < -0.4 is 5.32 Å². The van der Waals surface area contributed by atoms with E-state index in [0.717, 1.165) is 37.3 Å². The smallest absolute Gasteiger partial charge is 0.243 e. The van der Waals surface area contributed by atoms with Gasteiger partial charge in [-0.1, -0.05) is 49.3 Å². The van der Waals surface area contributed by atoms with Crippen LogP contribution in [0.2, 0.25) is 0 Å². The Morgan fingerprint density at radius 2 is 1.92 bits per heavy atom. The van der Waals surface area contributed by atoms with Crippen LogP contribution in [0.4, 0.5) is 0 Å². The van der Waals surface area contributed by atoms with Crippen molar-refractivity contribution in [2.75, 3.05) is 13.1 Å². The van der Waals surface area contributed by atoms with Gasteiger partial charge < -0.3 is 9.84 Å². The van der Waals surface area contributed by atoms with Gasteiger partial charge in [0.15, 0.2) is 5.82 Å². The molecule has 1 aliphatic heterocycles. The first kappa shape index (κ1) is 18.6. The Morgan fingerprint density at radius 1 is 1.23 bits per heavy atom. The average Bonchev–Trinajstić information content (AvgIpc) is 3.17. The minimum absolute atomic E-state index is 0.0797. The number of piperidine rings is 1. The lowest BCUT2D eigenvalue weighted by molar-refractivity contribution is -0.126. The van der Waals surface area contributed by atoms with E-state index >= 15 is 0 Å². The maximum Gasteiger partial charge on any atom is 0.243 e. The van der Waals surface area contributed by atoms with E-state index in [1.165, 1.54) is 0 Å². The van der Waals surface area contributed by atoms with Crippen molar-refractivity contribution in [2.45, 2.75) is 52.1 Å². The number of hydrogen-bond donors (Lipinski definition) is 1. The molecule has 1 aliphatic rings. The highest BCUT2D eigenvalue weighted by molar-refractivity contribution is 5.78. The summed E-state index contributed by atoms with van der Waals surface area (Å²) in [6, 6.07) is 10.1. The van der Waals surface area contributed by atoms with Crippen molar-refractivity contribution in [1.29, 1.82) is 0 Å². The summed E-state index contributed by atoms with van der Waals surface area (Å²) in [6.45, 7) is 8.52. The Morgan fingerprint density at radius 3 is 2.54 bits per heavy atom. The van der Waals surface area contributed by atoms with Crippen LogP contribution in [0.15, 0.2) is 34.9 Å². The predicted molar refractivity (Wildman–Crippen MR) is 99.4 cm³/mol. The van der Waals surface area contributed by atoms with Crippen LogP contribution in [-0.2, 0) is 11.3 Å². The Labute approximate surface area is 155 Å². The average molecular weight is 356 g/mol. The largest absolute Gasteiger partial charge is 0.352 e. The third-order valence-corrected chi connectivity index (χ3v) is 5.09. The van der Waals surface area contributed by atoms with Crippen molar-refractivity contribution in [1.82, 2.24) is 20.4 Å². The highest BCUT2D eigenvalue weighted by Gasteiger charge is 2.29. The summed E-state index contributed by atoms with van der Waals surface area (Å²) in [7, 11) is 0. The van der Waals surface area contributed by atoms with E-state index < -0.39 is 0 Å². The molecule has 26 heavy (non-hydrogen) atoms. The van der Waals surface area contributed by atoms with Crippen molar-refractivity contribution in [3.05, 3.63) is 47.6 Å². The second kappa shape index (κ2) is 8.45. The third kappa shape index (κ3) is 4.49. The molecule has 1 saturated heterocycles. The molecule has 1 amide bonds. The van der Waals surface area contributed by atoms with Crippen LogP contribution >= 0.6 is 0 Å². The number of carbonyl (C=O) groups excluding carboxylic acids is 1. The lowest BCUT2D eigenvalue weighted by Gasteiger charge is -2.33. The quantitative estimate of drug-likeness (QED) is 0.860. The lowest BCUT2D eigenvalue weighted by Crippen LogP contribution is -2.41. The second-order valence-corrected chi connectivity index (χ2v) is 7.34. The highest BCUT2D eigenvalue weighted by Crippen LogP contribution is 2.26. The van der Waals surface area contributed by atoms with Gasteiger partial charge in [0.25, 0.3) is 0 Å². The van der Waals surface area contributed by atoms with E-state index in [2.05, 4.69) is 41.1 Å². The number of amides is 1. The van der Waals surface area contributed by atoms with Crippen LogP contribution in [0.1, 0.15) is 62.9 Å². The molecule has 0 radical (unpaired) electrons. The zero-order valence-corrected chi connectivity index (χ0v) is 15.8. The number of hydrogen-bond acceptors (Lipinski definition) is 5. The number of nitrogens with zero attached hydrogens (tertiary/aromatic N) is 3. The summed E-state index contributed by atoms with van der Waals surface area (Å²) in [5.74, 6) is 1.92. The first-order valence-electron chi connectivity index (χ1n) is 9.43. The molecule has 1 aromatic heterocycles. The Balaban J connectivity index is 1.47. The maximum atomic E-state index is 12.4. The zero-order valence-electron chi connectivity index (χ0n) is 15.8. The fourth-order valence-corrected chi connectivity index (χ4v) is 3.29. The number of benzene rings is 1. The molecule has 1 fully saturated rings. The molecule has 3 rings (SSSR count). The molecule has 0 bridgehead atoms. The Bertz CT molecular complexity index is 706. The molecular formula is C20H28N4O2. The van der Waals surface area contributed by atoms with E-state index in [1.807, 2.05) is 30.3 Å². The molecule has 2 heterocycles. The van der Waals surface area contributed by atoms with Gasteiger partial charge in [0.2, 0.25) is 11.8 Å². The Kier molecular flexibility index (Phi) is 6.04. The molecule has 6 nitrogen and oxygen atoms in total. The van der Waals surface area contributed by atoms with Gasteiger partial charge >= 0.3 is 0 Å². The Hall–Kier alpha value is -2.21. The van der Waals surface area contributed by atoms with Crippen molar-refractivity contribution in [3.63, 3.8) is 0 Å². The van der Waals surface area contributed by atoms with Crippen LogP contribution in [0.25, 0.3) is 0 Å². The van der Waals surface area contributed by atoms with Crippen LogP contribution in [0.5, 0.6) is 0 Å². The fraction of sp³-hybridized carbons (Fsp3) is 0.550. The summed E-state index contributed by atoms with van der Waals surface area (Å²) in [5, 5.41) is 7.11. The van der Waals surface area contributed by atoms with Gasteiger partial charge in [0.05, 0.1) is 6.04 Å². The lowest BCUT2D eigenvalue weighted by atomic mass is 9.95. The maximum absolute atomic E-state index is 12.4. The summed E-state index contributed by atoms with van der Waals surface area (Å²) in [4.78, 5) is 19.2. The van der Waals surface area contributed by atoms with E-state index in [9.17, 15) is 4.79 Å². The molecule has 1 aromatic carbocycles.